The summed E-state index contributed by atoms with van der Waals surface area (Å²) in [5, 5.41) is 7.73. The summed E-state index contributed by atoms with van der Waals surface area (Å²) in [5.41, 5.74) is 0. The van der Waals surface area contributed by atoms with Gasteiger partial charge in [-0.1, -0.05) is 0 Å². The monoisotopic (exact) mass is 194 g/mol. The molecule has 0 aromatic carbocycles. The summed E-state index contributed by atoms with van der Waals surface area (Å²) in [6.07, 6.45) is 0. The first kappa shape index (κ1) is 13.7. The topological polar surface area (TPSA) is 121 Å². The molecule has 3 N–H and O–H groups in total. The summed E-state index contributed by atoms with van der Waals surface area (Å²) >= 11 is 0. The number of carboxylic acids is 1. The first-order chi connectivity index (χ1) is 4.33. The van der Waals surface area contributed by atoms with Gasteiger partial charge in [0.25, 0.3) is 0 Å². The Kier molecular flexibility index (Phi) is 6.04. The second-order valence-electron chi connectivity index (χ2n) is 1.17. The molecule has 0 rings (SSSR count). The van der Waals surface area contributed by atoms with Crippen LogP contribution in [-0.4, -0.2) is 26.8 Å². The fourth-order valence-electron chi connectivity index (χ4n) is 0.147. The van der Waals surface area contributed by atoms with Gasteiger partial charge in [-0.05, 0) is 0 Å². The van der Waals surface area contributed by atoms with Crippen LogP contribution in [0.5, 0.6) is 0 Å². The molecule has 0 amide bonds. The van der Waals surface area contributed by atoms with Gasteiger partial charge in [0, 0.05) is 0 Å². The number of hydrogen-bond donors (Lipinski definition) is 3. The molecule has 0 spiro atoms. The Bertz CT molecular complexity index is 209. The second kappa shape index (κ2) is 4.87. The molecule has 0 radical (unpaired) electrons. The maximum atomic E-state index is 9.84. The number of carbonyl (C=O) groups is 2. The molecule has 0 aliphatic rings. The molecule has 0 saturated heterocycles. The Balaban J connectivity index is -0.000000405. The van der Waals surface area contributed by atoms with E-state index in [9.17, 15) is 14.2 Å². The van der Waals surface area contributed by atoms with Crippen molar-refractivity contribution >= 4 is 19.8 Å². The van der Waals surface area contributed by atoms with Crippen molar-refractivity contribution in [2.24, 2.45) is 0 Å². The molecule has 0 saturated carbocycles. The summed E-state index contributed by atoms with van der Waals surface area (Å²) in [5.74, 6) is -4.03. The van der Waals surface area contributed by atoms with E-state index in [4.69, 9.17) is 14.9 Å². The maximum Gasteiger partial charge on any atom is 1.00 e. The summed E-state index contributed by atoms with van der Waals surface area (Å²) < 4.78 is 12.9. The molecular weight excluding hydrogens is 190 g/mol. The van der Waals surface area contributed by atoms with Gasteiger partial charge >= 0.3 is 49.3 Å². The molecule has 0 heterocycles. The standard InChI is InChI=1S/C2H3O7P.Na.H/c3-1(4)2(5)9-10(6,7)8;;/h(H,3,4)(H2,6,7,8);;/q;+1;-1. The minimum Gasteiger partial charge on any atom is -1.00 e. The second-order valence-corrected chi connectivity index (χ2v) is 2.34. The van der Waals surface area contributed by atoms with Gasteiger partial charge in [-0.2, -0.15) is 0 Å². The number of carbonyl (C=O) groups excluding carboxylic acids is 1. The third-order valence-corrected chi connectivity index (χ3v) is 0.780. The van der Waals surface area contributed by atoms with Crippen molar-refractivity contribution in [1.82, 2.24) is 0 Å². The molecule has 0 atom stereocenters. The molecule has 0 fully saturated rings. The Hall–Kier alpha value is 0.0900. The predicted octanol–water partition coefficient (Wildman–Crippen LogP) is -4.18. The number of rotatable bonds is 1. The third-order valence-electron chi connectivity index (χ3n) is 0.376. The molecule has 7 nitrogen and oxygen atoms in total. The van der Waals surface area contributed by atoms with Gasteiger partial charge in [0.05, 0.1) is 0 Å². The number of phosphoric ester groups is 1. The average molecular weight is 194 g/mol. The van der Waals surface area contributed by atoms with Crippen LogP contribution in [0.2, 0.25) is 0 Å². The third kappa shape index (κ3) is 7.99. The van der Waals surface area contributed by atoms with Gasteiger partial charge < -0.3 is 11.1 Å². The van der Waals surface area contributed by atoms with Gasteiger partial charge in [0.1, 0.15) is 0 Å². The van der Waals surface area contributed by atoms with Crippen molar-refractivity contribution in [2.75, 3.05) is 0 Å². The van der Waals surface area contributed by atoms with Gasteiger partial charge in [-0.15, -0.1) is 0 Å². The van der Waals surface area contributed by atoms with E-state index in [-0.39, 0.29) is 31.0 Å². The van der Waals surface area contributed by atoms with E-state index in [1.807, 2.05) is 0 Å². The number of hydrogen-bond acceptors (Lipinski definition) is 4. The van der Waals surface area contributed by atoms with Crippen molar-refractivity contribution < 1.29 is 64.6 Å². The van der Waals surface area contributed by atoms with Gasteiger partial charge in [0.15, 0.2) is 0 Å². The van der Waals surface area contributed by atoms with Crippen LogP contribution < -0.4 is 29.6 Å². The van der Waals surface area contributed by atoms with Crippen LogP contribution in [0.25, 0.3) is 0 Å². The minimum atomic E-state index is -5.01. The smallest absolute Gasteiger partial charge is 1.00 e. The number of phosphoric acid groups is 1. The SMILES string of the molecule is O=C(O)C(=O)OP(=O)(O)O.[H-].[Na+]. The van der Waals surface area contributed by atoms with Crippen molar-refractivity contribution in [3.05, 3.63) is 0 Å². The Morgan fingerprint density at radius 2 is 1.73 bits per heavy atom. The zero-order valence-electron chi connectivity index (χ0n) is 6.42. The number of aliphatic carboxylic acids is 1. The van der Waals surface area contributed by atoms with Crippen LogP contribution in [-0.2, 0) is 18.7 Å². The van der Waals surface area contributed by atoms with Crippen LogP contribution in [0.4, 0.5) is 0 Å². The molecule has 9 heteroatoms. The van der Waals surface area contributed by atoms with Crippen LogP contribution in [0.3, 0.4) is 0 Å². The Morgan fingerprint density at radius 3 is 1.82 bits per heavy atom. The maximum absolute atomic E-state index is 9.84. The molecule has 0 unspecified atom stereocenters. The summed E-state index contributed by atoms with van der Waals surface area (Å²) in [6, 6.07) is 0. The molecule has 0 aliphatic heterocycles. The van der Waals surface area contributed by atoms with Crippen LogP contribution in [0.1, 0.15) is 1.43 Å². The first-order valence-electron chi connectivity index (χ1n) is 1.85. The quantitative estimate of drug-likeness (QED) is 0.220. The van der Waals surface area contributed by atoms with Gasteiger partial charge in [-0.3, -0.25) is 9.79 Å². The number of carboxylic acid groups (broad SMARTS) is 1. The molecule has 0 aromatic heterocycles. The van der Waals surface area contributed by atoms with Crippen LogP contribution in [0.15, 0.2) is 0 Å². The molecule has 0 bridgehead atoms. The van der Waals surface area contributed by atoms with E-state index in [0.717, 1.165) is 0 Å². The van der Waals surface area contributed by atoms with E-state index >= 15 is 0 Å². The van der Waals surface area contributed by atoms with E-state index in [1.54, 1.807) is 0 Å². The zero-order valence-corrected chi connectivity index (χ0v) is 8.32. The largest absolute Gasteiger partial charge is 1.00 e. The summed E-state index contributed by atoms with van der Waals surface area (Å²) in [6.45, 7) is 0. The average Bonchev–Trinajstić information content (AvgIpc) is 1.60. The van der Waals surface area contributed by atoms with E-state index in [1.165, 1.54) is 0 Å². The van der Waals surface area contributed by atoms with Gasteiger partial charge in [0.2, 0.25) is 0 Å². The van der Waals surface area contributed by atoms with Gasteiger partial charge in [-0.25, -0.2) is 14.2 Å². The van der Waals surface area contributed by atoms with Crippen molar-refractivity contribution in [3.8, 4) is 0 Å². The summed E-state index contributed by atoms with van der Waals surface area (Å²) in [7, 11) is -5.01. The molecule has 60 valence electrons. The molecule has 0 aromatic rings. The Labute approximate surface area is 84.4 Å². The Morgan fingerprint density at radius 1 is 1.36 bits per heavy atom. The van der Waals surface area contributed by atoms with E-state index in [2.05, 4.69) is 4.52 Å². The van der Waals surface area contributed by atoms with Crippen LogP contribution >= 0.6 is 7.82 Å². The van der Waals surface area contributed by atoms with E-state index < -0.39 is 19.8 Å². The van der Waals surface area contributed by atoms with Crippen LogP contribution in [0, 0.1) is 0 Å². The molecular formula is C2H4NaO7P. The van der Waals surface area contributed by atoms with Crippen molar-refractivity contribution in [1.29, 1.82) is 0 Å². The molecule has 0 aliphatic carbocycles. The zero-order chi connectivity index (χ0) is 8.36. The molecule has 11 heavy (non-hydrogen) atoms. The first-order valence-corrected chi connectivity index (χ1v) is 3.38. The fourth-order valence-corrected chi connectivity index (χ4v) is 0.441. The minimum absolute atomic E-state index is 0. The van der Waals surface area contributed by atoms with Crippen molar-refractivity contribution in [3.63, 3.8) is 0 Å². The predicted molar refractivity (Wildman–Crippen MR) is 26.9 cm³/mol. The summed E-state index contributed by atoms with van der Waals surface area (Å²) in [4.78, 5) is 35.1. The fraction of sp³-hybridized carbons (Fsp3) is 0. The van der Waals surface area contributed by atoms with Crippen molar-refractivity contribution in [2.45, 2.75) is 0 Å². The normalized spacial score (nSPS) is 9.64. The van der Waals surface area contributed by atoms with E-state index in [0.29, 0.717) is 0 Å².